The van der Waals surface area contributed by atoms with Crippen molar-refractivity contribution in [3.8, 4) is 5.75 Å². The average molecular weight is 336 g/mol. The first-order chi connectivity index (χ1) is 7.86. The van der Waals surface area contributed by atoms with Crippen LogP contribution in [0, 0.1) is 0 Å². The molecule has 1 aromatic carbocycles. The van der Waals surface area contributed by atoms with Gasteiger partial charge in [-0.1, -0.05) is 23.2 Å². The first kappa shape index (κ1) is 15.2. The summed E-state index contributed by atoms with van der Waals surface area (Å²) in [5.74, 6) is 1.14. The molecule has 0 spiro atoms. The van der Waals surface area contributed by atoms with Crippen LogP contribution in [0.3, 0.4) is 0 Å². The van der Waals surface area contributed by atoms with E-state index in [2.05, 4.69) is 0 Å². The lowest BCUT2D eigenvalue weighted by Crippen LogP contribution is -2.01. The van der Waals surface area contributed by atoms with Crippen LogP contribution < -0.4 is 4.74 Å². The summed E-state index contributed by atoms with van der Waals surface area (Å²) in [6.07, 6.45) is 1.95. The molecule has 0 aliphatic carbocycles. The first-order valence-electron chi connectivity index (χ1n) is 4.41. The van der Waals surface area contributed by atoms with Gasteiger partial charge in [-0.3, -0.25) is 0 Å². The molecule has 0 amide bonds. The highest BCUT2D eigenvalue weighted by atomic mass is 35.7. The molecule has 0 atom stereocenters. The van der Waals surface area contributed by atoms with E-state index >= 15 is 0 Å². The third-order valence-electron chi connectivity index (χ3n) is 1.79. The van der Waals surface area contributed by atoms with Crippen molar-refractivity contribution in [1.82, 2.24) is 0 Å². The number of rotatable bonds is 5. The van der Waals surface area contributed by atoms with E-state index < -0.39 is 9.05 Å². The van der Waals surface area contributed by atoms with Crippen LogP contribution in [0.4, 0.5) is 0 Å². The van der Waals surface area contributed by atoms with Crippen molar-refractivity contribution in [2.75, 3.05) is 18.6 Å². The van der Waals surface area contributed by atoms with Gasteiger partial charge in [-0.25, -0.2) is 8.42 Å². The second-order valence-corrected chi connectivity index (χ2v) is 7.33. The fourth-order valence-corrected chi connectivity index (χ4v) is 3.09. The minimum atomic E-state index is -3.90. The van der Waals surface area contributed by atoms with Gasteiger partial charge in [-0.2, -0.15) is 11.8 Å². The minimum Gasteiger partial charge on any atom is -0.491 e. The predicted octanol–water partition coefficient (Wildman–Crippen LogP) is 3.66. The van der Waals surface area contributed by atoms with Gasteiger partial charge in [0.2, 0.25) is 0 Å². The van der Waals surface area contributed by atoms with E-state index in [0.29, 0.717) is 12.4 Å². The largest absolute Gasteiger partial charge is 0.491 e. The second-order valence-electron chi connectivity index (χ2n) is 2.99. The summed E-state index contributed by atoms with van der Waals surface area (Å²) in [7, 11) is 1.30. The summed E-state index contributed by atoms with van der Waals surface area (Å²) in [5.41, 5.74) is 0. The summed E-state index contributed by atoms with van der Waals surface area (Å²) in [6, 6.07) is 2.53. The lowest BCUT2D eigenvalue weighted by molar-refractivity contribution is 0.344. The Hall–Kier alpha value is 0.190. The Morgan fingerprint density at radius 2 is 1.94 bits per heavy atom. The third-order valence-corrected chi connectivity index (χ3v) is 4.45. The van der Waals surface area contributed by atoms with Gasteiger partial charge in [0.1, 0.15) is 10.6 Å². The smallest absolute Gasteiger partial charge is 0.262 e. The maximum Gasteiger partial charge on any atom is 0.262 e. The minimum absolute atomic E-state index is 0.0106. The van der Waals surface area contributed by atoms with Crippen LogP contribution in [0.5, 0.6) is 5.75 Å². The third kappa shape index (κ3) is 4.41. The Morgan fingerprint density at radius 1 is 1.29 bits per heavy atom. The summed E-state index contributed by atoms with van der Waals surface area (Å²) in [6.45, 7) is 0.462. The van der Waals surface area contributed by atoms with Gasteiger partial charge in [-0.05, 0) is 12.3 Å². The molecule has 8 heteroatoms. The van der Waals surface area contributed by atoms with Gasteiger partial charge in [0.25, 0.3) is 9.05 Å². The van der Waals surface area contributed by atoms with E-state index in [1.54, 1.807) is 11.8 Å². The molecule has 0 fully saturated rings. The highest BCUT2D eigenvalue weighted by Crippen LogP contribution is 2.34. The van der Waals surface area contributed by atoms with Crippen molar-refractivity contribution in [2.45, 2.75) is 4.90 Å². The molecule has 1 rings (SSSR count). The van der Waals surface area contributed by atoms with Gasteiger partial charge in [0, 0.05) is 22.5 Å². The van der Waals surface area contributed by atoms with E-state index in [-0.39, 0.29) is 14.9 Å². The standard InChI is InChI=1S/C9H9Cl3O3S2/c1-16-3-2-15-8-4-7(11)9(5-6(8)10)17(12,13)14/h4-5H,2-3H2,1H3. The predicted molar refractivity (Wildman–Crippen MR) is 73.4 cm³/mol. The molecular formula is C9H9Cl3O3S2. The molecule has 0 aliphatic heterocycles. The second kappa shape index (κ2) is 6.38. The molecule has 0 saturated heterocycles. The summed E-state index contributed by atoms with van der Waals surface area (Å²) >= 11 is 13.3. The molecule has 0 bridgehead atoms. The number of ether oxygens (including phenoxy) is 1. The SMILES string of the molecule is CSCCOc1cc(Cl)c(S(=O)(=O)Cl)cc1Cl. The Bertz CT molecular complexity index is 502. The highest BCUT2D eigenvalue weighted by Gasteiger charge is 2.18. The van der Waals surface area contributed by atoms with Crippen LogP contribution in [-0.4, -0.2) is 27.0 Å². The van der Waals surface area contributed by atoms with Crippen molar-refractivity contribution >= 4 is 54.7 Å². The molecule has 0 aliphatic rings. The Morgan fingerprint density at radius 3 is 2.47 bits per heavy atom. The topological polar surface area (TPSA) is 43.4 Å². The summed E-state index contributed by atoms with van der Waals surface area (Å²) < 4.78 is 27.7. The molecular weight excluding hydrogens is 327 g/mol. The summed E-state index contributed by atoms with van der Waals surface area (Å²) in [4.78, 5) is -0.219. The van der Waals surface area contributed by atoms with Crippen molar-refractivity contribution in [1.29, 1.82) is 0 Å². The fraction of sp³-hybridized carbons (Fsp3) is 0.333. The van der Waals surface area contributed by atoms with Crippen LogP contribution in [0.1, 0.15) is 0 Å². The average Bonchev–Trinajstić information content (AvgIpc) is 2.21. The molecule has 1 aromatic rings. The van der Waals surface area contributed by atoms with Crippen molar-refractivity contribution < 1.29 is 13.2 Å². The van der Waals surface area contributed by atoms with E-state index in [4.69, 9.17) is 38.6 Å². The first-order valence-corrected chi connectivity index (χ1v) is 8.87. The lowest BCUT2D eigenvalue weighted by Gasteiger charge is -2.09. The molecule has 96 valence electrons. The van der Waals surface area contributed by atoms with E-state index in [9.17, 15) is 8.42 Å². The number of hydrogen-bond donors (Lipinski definition) is 0. The molecule has 0 radical (unpaired) electrons. The zero-order valence-electron chi connectivity index (χ0n) is 8.74. The van der Waals surface area contributed by atoms with E-state index in [0.717, 1.165) is 5.75 Å². The van der Waals surface area contributed by atoms with Crippen LogP contribution >= 0.6 is 45.6 Å². The zero-order valence-corrected chi connectivity index (χ0v) is 12.6. The maximum atomic E-state index is 11.2. The number of thioether (sulfide) groups is 1. The van der Waals surface area contributed by atoms with Crippen molar-refractivity contribution in [3.05, 3.63) is 22.2 Å². The highest BCUT2D eigenvalue weighted by molar-refractivity contribution is 8.13. The van der Waals surface area contributed by atoms with E-state index in [1.807, 2.05) is 6.26 Å². The van der Waals surface area contributed by atoms with Crippen LogP contribution in [0.15, 0.2) is 17.0 Å². The Kier molecular flexibility index (Phi) is 5.73. The van der Waals surface area contributed by atoms with Gasteiger partial charge < -0.3 is 4.74 Å². The van der Waals surface area contributed by atoms with E-state index in [1.165, 1.54) is 12.1 Å². The lowest BCUT2D eigenvalue weighted by atomic mass is 10.3. The monoisotopic (exact) mass is 334 g/mol. The molecule has 0 heterocycles. The molecule has 0 aromatic heterocycles. The Labute approximate surface area is 119 Å². The molecule has 17 heavy (non-hydrogen) atoms. The number of hydrogen-bond acceptors (Lipinski definition) is 4. The van der Waals surface area contributed by atoms with Gasteiger partial charge in [0.05, 0.1) is 16.7 Å². The Balaban J connectivity index is 3.02. The van der Waals surface area contributed by atoms with Crippen molar-refractivity contribution in [2.24, 2.45) is 0 Å². The van der Waals surface area contributed by atoms with Crippen LogP contribution in [0.2, 0.25) is 10.0 Å². The number of halogens is 3. The normalized spacial score (nSPS) is 11.5. The quantitative estimate of drug-likeness (QED) is 0.608. The molecule has 0 saturated carbocycles. The fourth-order valence-electron chi connectivity index (χ4n) is 1.04. The summed E-state index contributed by atoms with van der Waals surface area (Å²) in [5, 5.41) is 0.151. The van der Waals surface area contributed by atoms with Crippen LogP contribution in [-0.2, 0) is 9.05 Å². The van der Waals surface area contributed by atoms with Crippen LogP contribution in [0.25, 0.3) is 0 Å². The molecule has 0 N–H and O–H groups in total. The number of benzene rings is 1. The van der Waals surface area contributed by atoms with Crippen molar-refractivity contribution in [3.63, 3.8) is 0 Å². The molecule has 0 unspecified atom stereocenters. The van der Waals surface area contributed by atoms with Gasteiger partial charge >= 0.3 is 0 Å². The van der Waals surface area contributed by atoms with Gasteiger partial charge in [0.15, 0.2) is 0 Å². The zero-order chi connectivity index (χ0) is 13.1. The molecule has 3 nitrogen and oxygen atoms in total. The van der Waals surface area contributed by atoms with Gasteiger partial charge in [-0.15, -0.1) is 0 Å². The maximum absolute atomic E-state index is 11.2.